The van der Waals surface area contributed by atoms with Gasteiger partial charge in [-0.3, -0.25) is 9.59 Å². The fraction of sp³-hybridized carbons (Fsp3) is 0.600. The van der Waals surface area contributed by atoms with Crippen LogP contribution in [0, 0.1) is 0 Å². The molecule has 0 fully saturated rings. The normalized spacial score (nSPS) is 5.44. The number of carbonyl (C=O) groups excluding carboxylic acids is 1. The van der Waals surface area contributed by atoms with Gasteiger partial charge in [-0.2, -0.15) is 0 Å². The molecular formula is C5H10B2I5O4-. The molecule has 0 saturated carbocycles. The maximum absolute atomic E-state index is 9.59. The molecule has 0 aliphatic heterocycles. The van der Waals surface area contributed by atoms with Gasteiger partial charge in [-0.25, -0.2) is 0 Å². The van der Waals surface area contributed by atoms with E-state index in [4.69, 9.17) is 9.90 Å². The van der Waals surface area contributed by atoms with Gasteiger partial charge in [-0.15, -0.1) is 0 Å². The molecule has 0 unspecified atom stereocenters. The van der Waals surface area contributed by atoms with Gasteiger partial charge in [0.25, 0.3) is 5.97 Å². The van der Waals surface area contributed by atoms with Gasteiger partial charge in [0.15, 0.2) is 0 Å². The summed E-state index contributed by atoms with van der Waals surface area (Å²) in [6.45, 7) is 2.44. The van der Waals surface area contributed by atoms with E-state index in [1.165, 1.54) is 14.0 Å². The summed E-state index contributed by atoms with van der Waals surface area (Å²) in [4.78, 5) is 18.6. The third kappa shape index (κ3) is 185. The smallest absolute Gasteiger partial charge is 0 e. The van der Waals surface area contributed by atoms with Crippen molar-refractivity contribution < 1.29 is 32.7 Å². The van der Waals surface area contributed by atoms with Crippen molar-refractivity contribution in [2.24, 2.45) is 0 Å². The number of carboxylic acid groups (broad SMARTS) is 1. The average molecular weight is 790 g/mol. The first-order valence-electron chi connectivity index (χ1n) is 2.67. The van der Waals surface area contributed by atoms with Crippen molar-refractivity contribution in [2.75, 3.05) is 7.11 Å². The van der Waals surface area contributed by atoms with Gasteiger partial charge in [0.2, 0.25) is 0 Å². The zero-order chi connectivity index (χ0) is 12.6. The Morgan fingerprint density at radius 3 is 1.19 bits per heavy atom. The van der Waals surface area contributed by atoms with Crippen molar-refractivity contribution in [2.45, 2.75) is 13.8 Å². The average Bonchev–Trinajstić information content (AvgIpc) is 2.08. The predicted octanol–water partition coefficient (Wildman–Crippen LogP) is 0.0554. The molecule has 0 amide bonds. The Balaban J connectivity index is -0.0000000210. The molecule has 96 valence electrons. The Labute approximate surface area is 154 Å². The fourth-order valence-corrected chi connectivity index (χ4v) is 0. The van der Waals surface area contributed by atoms with Gasteiger partial charge in [-0.05, 0) is 0 Å². The van der Waals surface area contributed by atoms with Crippen LogP contribution in [0.25, 0.3) is 0 Å². The predicted molar refractivity (Wildman–Crippen MR) is 98.6 cm³/mol. The molecule has 16 heavy (non-hydrogen) atoms. The number of carboxylic acids is 1. The Morgan fingerprint density at radius 2 is 1.19 bits per heavy atom. The monoisotopic (exact) mass is 791 g/mol. The van der Waals surface area contributed by atoms with Gasteiger partial charge in [0.05, 0.1) is 7.11 Å². The zero-order valence-corrected chi connectivity index (χ0v) is 19.5. The number of rotatable bonds is 0. The minimum absolute atomic E-state index is 0. The molecule has 0 aromatic rings. The Bertz CT molecular complexity index is 125. The summed E-state index contributed by atoms with van der Waals surface area (Å²) in [6, 6.07) is 0. The molecule has 0 aliphatic rings. The van der Waals surface area contributed by atoms with Gasteiger partial charge in [0, 0.05) is 67.9 Å². The molecule has 0 atom stereocenters. The zero-order valence-electron chi connectivity index (χ0n) is 8.72. The van der Waals surface area contributed by atoms with Crippen molar-refractivity contribution in [3.63, 3.8) is 0 Å². The molecule has 0 rings (SSSR count). The summed E-state index contributed by atoms with van der Waals surface area (Å²) in [5, 5.41) is 7.42. The Kier molecular flexibility index (Phi) is 97.9. The van der Waals surface area contributed by atoms with Crippen molar-refractivity contribution in [1.29, 1.82) is 0 Å². The molecule has 1 N–H and O–H groups in total. The van der Waals surface area contributed by atoms with E-state index in [2.05, 4.69) is 79.2 Å². The number of esters is 1. The van der Waals surface area contributed by atoms with Crippen LogP contribution in [0.1, 0.15) is 13.8 Å². The Morgan fingerprint density at radius 1 is 1.12 bits per heavy atom. The third-order valence-electron chi connectivity index (χ3n) is 0.287. The summed E-state index contributed by atoms with van der Waals surface area (Å²) < 4.78 is 4.11. The number of halogens is 5. The molecule has 0 bridgehead atoms. The second-order valence-electron chi connectivity index (χ2n) is 1.27. The summed E-state index contributed by atoms with van der Waals surface area (Å²) >= 11 is 9.54. The van der Waals surface area contributed by atoms with E-state index in [9.17, 15) is 4.79 Å². The fourth-order valence-electron chi connectivity index (χ4n) is 0. The van der Waals surface area contributed by atoms with E-state index in [0.29, 0.717) is 13.3 Å². The second kappa shape index (κ2) is 43.1. The molecule has 0 aromatic heterocycles. The van der Waals surface area contributed by atoms with Gasteiger partial charge >= 0.3 is 56.5 Å². The quantitative estimate of drug-likeness (QED) is 0.215. The van der Waals surface area contributed by atoms with E-state index in [0.717, 1.165) is 6.92 Å². The minimum atomic E-state index is -0.833. The second-order valence-corrected chi connectivity index (χ2v) is 17.5. The van der Waals surface area contributed by atoms with Crippen LogP contribution in [-0.4, -0.2) is 41.0 Å². The number of aliphatic carboxylic acids is 1. The molecule has 6 radical (unpaired) electrons. The largest absolute Gasteiger partial charge is 0 e. The molecule has 0 saturated heterocycles. The number of ether oxygens (including phenoxy) is 1. The van der Waals surface area contributed by atoms with Crippen LogP contribution in [0.4, 0.5) is 0 Å². The Hall–Kier alpha value is 2.72. The molecule has 0 heterocycles. The molecule has 0 aromatic carbocycles. The number of hydrogen-bond acceptors (Lipinski definition) is 3. The van der Waals surface area contributed by atoms with Crippen molar-refractivity contribution in [3.8, 4) is 0 Å². The van der Waals surface area contributed by atoms with Gasteiger partial charge in [-0.1, -0.05) is 0 Å². The SMILES string of the molecule is CC(=O)O.COC(C)=O.II.I[I-]I.[B].[B]. The van der Waals surface area contributed by atoms with Crippen LogP contribution in [0.15, 0.2) is 0 Å². The van der Waals surface area contributed by atoms with Crippen molar-refractivity contribution in [3.05, 3.63) is 0 Å². The van der Waals surface area contributed by atoms with E-state index in [1.54, 1.807) is 0 Å². The maximum Gasteiger partial charge on any atom is 0 e. The molecule has 11 heteroatoms. The van der Waals surface area contributed by atoms with E-state index in [-0.39, 0.29) is 22.8 Å². The van der Waals surface area contributed by atoms with Crippen LogP contribution in [0.2, 0.25) is 0 Å². The van der Waals surface area contributed by atoms with Crippen molar-refractivity contribution in [1.82, 2.24) is 0 Å². The number of carbonyl (C=O) groups is 2. The summed E-state index contributed by atoms with van der Waals surface area (Å²) in [7, 11) is 1.35. The van der Waals surface area contributed by atoms with E-state index < -0.39 is 5.97 Å². The van der Waals surface area contributed by atoms with Crippen LogP contribution in [0.5, 0.6) is 0 Å². The number of hydrogen-bond donors (Lipinski definition) is 1. The maximum atomic E-state index is 9.59. The minimum Gasteiger partial charge on any atom is 0 e. The molecule has 4 nitrogen and oxygen atoms in total. The van der Waals surface area contributed by atoms with E-state index >= 15 is 0 Å². The molecule has 0 spiro atoms. The number of methoxy groups -OCH3 is 1. The van der Waals surface area contributed by atoms with Gasteiger partial charge in [0.1, 0.15) is 0 Å². The van der Waals surface area contributed by atoms with Crippen molar-refractivity contribution >= 4 is 103 Å². The third-order valence-corrected chi connectivity index (χ3v) is 0.287. The van der Waals surface area contributed by atoms with Crippen LogP contribution in [0.3, 0.4) is 0 Å². The van der Waals surface area contributed by atoms with Crippen LogP contribution >= 0.6 is 74.5 Å². The standard InChI is InChI=1S/C3H6O2.C2H4O2.2B.I3.I2/c1-3(4)5-2;1-2(3)4;;;1-3-2;1-2/h1-2H3;1H3,(H,3,4);;;;/q;;;;-1;. The summed E-state index contributed by atoms with van der Waals surface area (Å²) in [5.41, 5.74) is 0. The van der Waals surface area contributed by atoms with Gasteiger partial charge < -0.3 is 9.84 Å². The van der Waals surface area contributed by atoms with Crippen LogP contribution < -0.4 is 13.3 Å². The molecule has 0 aliphatic carbocycles. The molecular weight excluding hydrogens is 780 g/mol. The summed E-state index contributed by atoms with van der Waals surface area (Å²) in [5.74, 6) is -1.08. The summed E-state index contributed by atoms with van der Waals surface area (Å²) in [6.07, 6.45) is 0. The van der Waals surface area contributed by atoms with E-state index in [1.807, 2.05) is 0 Å². The van der Waals surface area contributed by atoms with Crippen LogP contribution in [-0.2, 0) is 14.3 Å². The first-order valence-corrected chi connectivity index (χ1v) is 21.5. The first kappa shape index (κ1) is 36.3. The topological polar surface area (TPSA) is 63.6 Å². The first-order chi connectivity index (χ1) is 6.42.